The molecule has 1 aliphatic rings. The molecule has 0 aromatic heterocycles. The minimum Gasteiger partial charge on any atom is -0.495 e. The van der Waals surface area contributed by atoms with E-state index in [1.165, 1.54) is 12.0 Å². The number of nitrogens with zero attached hydrogens (tertiary/aromatic N) is 1. The summed E-state index contributed by atoms with van der Waals surface area (Å²) in [5, 5.41) is 5.07. The number of rotatable bonds is 8. The van der Waals surface area contributed by atoms with Gasteiger partial charge < -0.3 is 25.0 Å². The molecule has 0 spiro atoms. The Morgan fingerprint density at radius 1 is 1.03 bits per heavy atom. The Balaban J connectivity index is 1.43. The first-order chi connectivity index (χ1) is 15.8. The highest BCUT2D eigenvalue weighted by atomic mass is 16.5. The van der Waals surface area contributed by atoms with Crippen LogP contribution in [-0.4, -0.2) is 50.5 Å². The van der Waals surface area contributed by atoms with Crippen LogP contribution in [0.4, 0.5) is 11.4 Å². The van der Waals surface area contributed by atoms with E-state index >= 15 is 0 Å². The third-order valence-electron chi connectivity index (χ3n) is 5.22. The second kappa shape index (κ2) is 10.6. The monoisotopic (exact) mass is 453 g/mol. The first kappa shape index (κ1) is 23.8. The number of hydrogen-bond acceptors (Lipinski definition) is 6. The van der Waals surface area contributed by atoms with Crippen LogP contribution in [-0.2, 0) is 23.9 Å². The van der Waals surface area contributed by atoms with Gasteiger partial charge in [-0.1, -0.05) is 23.8 Å². The molecular formula is C24H27N3O6. The van der Waals surface area contributed by atoms with Crippen LogP contribution in [0.5, 0.6) is 5.75 Å². The fraction of sp³-hybridized carbons (Fsp3) is 0.333. The van der Waals surface area contributed by atoms with E-state index in [9.17, 15) is 19.2 Å². The number of hydrogen-bond donors (Lipinski definition) is 2. The standard InChI is InChI=1S/C24H27N3O6/c1-15-4-7-18(8-5-15)27-13-17(11-23(27)30)24(31)33-14-22(29)25-12-21(28)26-19-10-16(2)6-9-20(19)32-3/h4-10,17H,11-14H2,1-3H3,(H,25,29)(H,26,28)/t17-/m0/s1. The van der Waals surface area contributed by atoms with E-state index in [2.05, 4.69) is 10.6 Å². The highest BCUT2D eigenvalue weighted by Gasteiger charge is 2.36. The largest absolute Gasteiger partial charge is 0.495 e. The molecule has 0 saturated carbocycles. The zero-order valence-corrected chi connectivity index (χ0v) is 18.8. The lowest BCUT2D eigenvalue weighted by Gasteiger charge is -2.16. The summed E-state index contributed by atoms with van der Waals surface area (Å²) in [5.41, 5.74) is 3.22. The highest BCUT2D eigenvalue weighted by Crippen LogP contribution is 2.26. The molecule has 0 bridgehead atoms. The van der Waals surface area contributed by atoms with Crippen molar-refractivity contribution < 1.29 is 28.7 Å². The summed E-state index contributed by atoms with van der Waals surface area (Å²) in [5.74, 6) is -2.01. The van der Waals surface area contributed by atoms with Gasteiger partial charge in [0.05, 0.1) is 25.3 Å². The lowest BCUT2D eigenvalue weighted by Crippen LogP contribution is -2.36. The number of benzene rings is 2. The minimum absolute atomic E-state index is 0.0229. The normalized spacial score (nSPS) is 15.2. The van der Waals surface area contributed by atoms with E-state index in [0.717, 1.165) is 16.8 Å². The van der Waals surface area contributed by atoms with Gasteiger partial charge in [0.25, 0.3) is 5.91 Å². The molecule has 2 aromatic carbocycles. The van der Waals surface area contributed by atoms with Gasteiger partial charge >= 0.3 is 5.97 Å². The van der Waals surface area contributed by atoms with Gasteiger partial charge in [-0.2, -0.15) is 0 Å². The van der Waals surface area contributed by atoms with Crippen molar-refractivity contribution in [1.82, 2.24) is 5.32 Å². The Labute approximate surface area is 192 Å². The first-order valence-electron chi connectivity index (χ1n) is 10.5. The summed E-state index contributed by atoms with van der Waals surface area (Å²) >= 11 is 0. The molecule has 0 radical (unpaired) electrons. The predicted molar refractivity (Wildman–Crippen MR) is 122 cm³/mol. The van der Waals surface area contributed by atoms with Crippen molar-refractivity contribution in [2.45, 2.75) is 20.3 Å². The summed E-state index contributed by atoms with van der Waals surface area (Å²) in [7, 11) is 1.49. The maximum absolute atomic E-state index is 12.3. The van der Waals surface area contributed by atoms with Gasteiger partial charge in [-0.3, -0.25) is 19.2 Å². The van der Waals surface area contributed by atoms with Crippen molar-refractivity contribution in [3.05, 3.63) is 53.6 Å². The van der Waals surface area contributed by atoms with E-state index in [4.69, 9.17) is 9.47 Å². The number of nitrogens with one attached hydrogen (secondary N) is 2. The summed E-state index contributed by atoms with van der Waals surface area (Å²) in [6.07, 6.45) is 0.0229. The number of esters is 1. The van der Waals surface area contributed by atoms with Gasteiger partial charge in [0, 0.05) is 18.7 Å². The summed E-state index contributed by atoms with van der Waals surface area (Å²) < 4.78 is 10.3. The van der Waals surface area contributed by atoms with Crippen molar-refractivity contribution in [2.75, 3.05) is 37.0 Å². The molecule has 1 fully saturated rings. The van der Waals surface area contributed by atoms with E-state index in [1.54, 1.807) is 12.1 Å². The Kier molecular flexibility index (Phi) is 7.66. The molecular weight excluding hydrogens is 426 g/mol. The molecule has 1 atom stereocenters. The molecule has 3 rings (SSSR count). The number of methoxy groups -OCH3 is 1. The molecule has 0 unspecified atom stereocenters. The zero-order valence-electron chi connectivity index (χ0n) is 18.8. The first-order valence-corrected chi connectivity index (χ1v) is 10.5. The fourth-order valence-electron chi connectivity index (χ4n) is 3.44. The second-order valence-electron chi connectivity index (χ2n) is 7.88. The van der Waals surface area contributed by atoms with E-state index in [-0.39, 0.29) is 25.4 Å². The van der Waals surface area contributed by atoms with Gasteiger partial charge in [-0.15, -0.1) is 0 Å². The highest BCUT2D eigenvalue weighted by molar-refractivity contribution is 6.00. The van der Waals surface area contributed by atoms with Crippen LogP contribution in [0.3, 0.4) is 0 Å². The van der Waals surface area contributed by atoms with Crippen molar-refractivity contribution >= 4 is 35.1 Å². The van der Waals surface area contributed by atoms with Crippen LogP contribution in [0.15, 0.2) is 42.5 Å². The number of aryl methyl sites for hydroxylation is 2. The van der Waals surface area contributed by atoms with E-state index < -0.39 is 30.3 Å². The summed E-state index contributed by atoms with van der Waals surface area (Å²) in [6, 6.07) is 12.8. The Hall–Kier alpha value is -3.88. The Morgan fingerprint density at radius 3 is 2.42 bits per heavy atom. The van der Waals surface area contributed by atoms with Gasteiger partial charge in [0.2, 0.25) is 11.8 Å². The second-order valence-corrected chi connectivity index (χ2v) is 7.88. The average molecular weight is 453 g/mol. The molecule has 1 heterocycles. The molecule has 1 saturated heterocycles. The van der Waals surface area contributed by atoms with Gasteiger partial charge in [-0.25, -0.2) is 0 Å². The minimum atomic E-state index is -0.649. The summed E-state index contributed by atoms with van der Waals surface area (Å²) in [4.78, 5) is 50.3. The fourth-order valence-corrected chi connectivity index (χ4v) is 3.44. The predicted octanol–water partition coefficient (Wildman–Crippen LogP) is 1.96. The third kappa shape index (κ3) is 6.31. The van der Waals surface area contributed by atoms with Crippen molar-refractivity contribution in [2.24, 2.45) is 5.92 Å². The molecule has 2 aromatic rings. The lowest BCUT2D eigenvalue weighted by atomic mass is 10.1. The molecule has 9 nitrogen and oxygen atoms in total. The SMILES string of the molecule is COc1ccc(C)cc1NC(=O)CNC(=O)COC(=O)[C@H]1CC(=O)N(c2ccc(C)cc2)C1. The molecule has 9 heteroatoms. The smallest absolute Gasteiger partial charge is 0.311 e. The van der Waals surface area contributed by atoms with Crippen LogP contribution >= 0.6 is 0 Å². The molecule has 33 heavy (non-hydrogen) atoms. The topological polar surface area (TPSA) is 114 Å². The number of amides is 3. The molecule has 2 N–H and O–H groups in total. The van der Waals surface area contributed by atoms with E-state index in [1.807, 2.05) is 44.2 Å². The van der Waals surface area contributed by atoms with Gasteiger partial charge in [0.15, 0.2) is 6.61 Å². The Bertz CT molecular complexity index is 1050. The molecule has 3 amide bonds. The zero-order chi connectivity index (χ0) is 24.0. The van der Waals surface area contributed by atoms with Gasteiger partial charge in [0.1, 0.15) is 5.75 Å². The summed E-state index contributed by atoms with van der Waals surface area (Å²) in [6.45, 7) is 3.20. The van der Waals surface area contributed by atoms with Crippen LogP contribution in [0, 0.1) is 19.8 Å². The van der Waals surface area contributed by atoms with Crippen LogP contribution in [0.25, 0.3) is 0 Å². The maximum atomic E-state index is 12.3. The maximum Gasteiger partial charge on any atom is 0.311 e. The third-order valence-corrected chi connectivity index (χ3v) is 5.22. The van der Waals surface area contributed by atoms with Gasteiger partial charge in [-0.05, 0) is 43.7 Å². The lowest BCUT2D eigenvalue weighted by molar-refractivity contribution is -0.152. The molecule has 174 valence electrons. The molecule has 0 aliphatic carbocycles. The van der Waals surface area contributed by atoms with E-state index in [0.29, 0.717) is 11.4 Å². The number of carbonyl (C=O) groups excluding carboxylic acids is 4. The average Bonchev–Trinajstić information content (AvgIpc) is 3.18. The van der Waals surface area contributed by atoms with Crippen LogP contribution in [0.1, 0.15) is 17.5 Å². The van der Waals surface area contributed by atoms with Crippen molar-refractivity contribution in [3.8, 4) is 5.75 Å². The number of anilines is 2. The van der Waals surface area contributed by atoms with Crippen molar-refractivity contribution in [3.63, 3.8) is 0 Å². The number of ether oxygens (including phenoxy) is 2. The molecule has 1 aliphatic heterocycles. The van der Waals surface area contributed by atoms with Crippen LogP contribution in [0.2, 0.25) is 0 Å². The van der Waals surface area contributed by atoms with Crippen LogP contribution < -0.4 is 20.3 Å². The Morgan fingerprint density at radius 2 is 1.73 bits per heavy atom. The quantitative estimate of drug-likeness (QED) is 0.591. The number of carbonyl (C=O) groups is 4. The van der Waals surface area contributed by atoms with Crippen molar-refractivity contribution in [1.29, 1.82) is 0 Å².